The van der Waals surface area contributed by atoms with Gasteiger partial charge in [-0.15, -0.1) is 0 Å². The molecule has 18 heavy (non-hydrogen) atoms. The minimum atomic E-state index is -0.402. The monoisotopic (exact) mass is 270 g/mol. The summed E-state index contributed by atoms with van der Waals surface area (Å²) in [7, 11) is 0. The van der Waals surface area contributed by atoms with Crippen LogP contribution in [0.2, 0.25) is 5.02 Å². The summed E-state index contributed by atoms with van der Waals surface area (Å²) in [6, 6.07) is 3.75. The van der Waals surface area contributed by atoms with Crippen molar-refractivity contribution in [3.63, 3.8) is 0 Å². The van der Waals surface area contributed by atoms with Gasteiger partial charge < -0.3 is 10.6 Å². The number of nitrogens with zero attached hydrogens (tertiary/aromatic N) is 1. The zero-order valence-electron chi connectivity index (χ0n) is 10.2. The second-order valence-electron chi connectivity index (χ2n) is 4.60. The first kappa shape index (κ1) is 13.3. The fourth-order valence-electron chi connectivity index (χ4n) is 2.49. The van der Waals surface area contributed by atoms with E-state index in [9.17, 15) is 9.18 Å². The number of benzene rings is 1. The molecule has 1 aromatic rings. The van der Waals surface area contributed by atoms with Gasteiger partial charge in [-0.2, -0.15) is 0 Å². The van der Waals surface area contributed by atoms with Crippen LogP contribution in [0, 0.1) is 5.82 Å². The Balaban J connectivity index is 2.36. The molecule has 0 aromatic heterocycles. The summed E-state index contributed by atoms with van der Waals surface area (Å²) >= 11 is 5.85. The Morgan fingerprint density at radius 3 is 2.83 bits per heavy atom. The Hall–Kier alpha value is -1.13. The quantitative estimate of drug-likeness (QED) is 0.917. The summed E-state index contributed by atoms with van der Waals surface area (Å²) < 4.78 is 13.4. The number of rotatable bonds is 3. The van der Waals surface area contributed by atoms with Gasteiger partial charge in [-0.25, -0.2) is 4.39 Å². The van der Waals surface area contributed by atoms with E-state index in [1.54, 1.807) is 11.0 Å². The normalized spacial score (nSPS) is 23.8. The van der Waals surface area contributed by atoms with Gasteiger partial charge in [0.25, 0.3) is 0 Å². The molecule has 0 saturated carbocycles. The maximum Gasteiger partial charge on any atom is 0.224 e. The van der Waals surface area contributed by atoms with Crippen molar-refractivity contribution in [2.75, 3.05) is 6.54 Å². The van der Waals surface area contributed by atoms with Crippen LogP contribution in [0.3, 0.4) is 0 Å². The highest BCUT2D eigenvalue weighted by Gasteiger charge is 2.38. The molecule has 2 N–H and O–H groups in total. The highest BCUT2D eigenvalue weighted by molar-refractivity contribution is 6.30. The summed E-state index contributed by atoms with van der Waals surface area (Å²) in [6.07, 6.45) is 1.15. The predicted molar refractivity (Wildman–Crippen MR) is 68.7 cm³/mol. The van der Waals surface area contributed by atoms with Crippen molar-refractivity contribution in [2.45, 2.75) is 31.8 Å². The number of likely N-dealkylation sites (tertiary alicyclic amines) is 1. The third-order valence-corrected chi connectivity index (χ3v) is 3.38. The molecular formula is C13H16ClFN2O. The van der Waals surface area contributed by atoms with E-state index in [4.69, 9.17) is 17.3 Å². The molecule has 1 aliphatic heterocycles. The third-order valence-electron chi connectivity index (χ3n) is 3.16. The van der Waals surface area contributed by atoms with Crippen LogP contribution in [-0.2, 0) is 4.79 Å². The first-order chi connectivity index (χ1) is 8.52. The van der Waals surface area contributed by atoms with Crippen molar-refractivity contribution in [1.29, 1.82) is 0 Å². The first-order valence-corrected chi connectivity index (χ1v) is 6.41. The summed E-state index contributed by atoms with van der Waals surface area (Å²) in [4.78, 5) is 13.6. The molecule has 0 bridgehead atoms. The lowest BCUT2D eigenvalue weighted by atomic mass is 10.0. The Morgan fingerprint density at radius 1 is 1.50 bits per heavy atom. The van der Waals surface area contributed by atoms with Gasteiger partial charge in [0, 0.05) is 24.0 Å². The van der Waals surface area contributed by atoms with Gasteiger partial charge in [-0.1, -0.05) is 18.5 Å². The van der Waals surface area contributed by atoms with Crippen molar-refractivity contribution in [1.82, 2.24) is 4.90 Å². The number of hydrogen-bond donors (Lipinski definition) is 1. The lowest BCUT2D eigenvalue weighted by Crippen LogP contribution is -2.33. The van der Waals surface area contributed by atoms with Crippen molar-refractivity contribution in [2.24, 2.45) is 5.73 Å². The van der Waals surface area contributed by atoms with Gasteiger partial charge >= 0.3 is 0 Å². The summed E-state index contributed by atoms with van der Waals surface area (Å²) in [5.74, 6) is -0.379. The second kappa shape index (κ2) is 5.24. The largest absolute Gasteiger partial charge is 0.334 e. The highest BCUT2D eigenvalue weighted by atomic mass is 35.5. The highest BCUT2D eigenvalue weighted by Crippen LogP contribution is 2.33. The summed E-state index contributed by atoms with van der Waals surface area (Å²) in [5, 5.41) is 0.327. The van der Waals surface area contributed by atoms with Crippen LogP contribution < -0.4 is 5.73 Å². The van der Waals surface area contributed by atoms with Crippen LogP contribution in [0.4, 0.5) is 4.39 Å². The zero-order valence-corrected chi connectivity index (χ0v) is 11.0. The average molecular weight is 271 g/mol. The standard InChI is InChI=1S/C13H16ClFN2O/c1-2-3-17-12(18)7-11(16)13(17)8-4-9(14)6-10(15)5-8/h4-6,11,13H,2-3,7,16H2,1H3. The van der Waals surface area contributed by atoms with E-state index in [-0.39, 0.29) is 18.0 Å². The molecule has 1 heterocycles. The average Bonchev–Trinajstić information content (AvgIpc) is 2.53. The predicted octanol–water partition coefficient (Wildman–Crippen LogP) is 2.49. The Labute approximate surface area is 111 Å². The number of amides is 1. The first-order valence-electron chi connectivity index (χ1n) is 6.04. The SMILES string of the molecule is CCCN1C(=O)CC(N)C1c1cc(F)cc(Cl)c1. The maximum absolute atomic E-state index is 13.4. The molecular weight excluding hydrogens is 255 g/mol. The van der Waals surface area contributed by atoms with Gasteiger partial charge in [0.05, 0.1) is 6.04 Å². The van der Waals surface area contributed by atoms with Crippen LogP contribution in [0.25, 0.3) is 0 Å². The zero-order chi connectivity index (χ0) is 13.3. The number of nitrogens with two attached hydrogens (primary N) is 1. The summed E-state index contributed by atoms with van der Waals surface area (Å²) in [6.45, 7) is 2.62. The maximum atomic E-state index is 13.4. The number of carbonyl (C=O) groups is 1. The summed E-state index contributed by atoms with van der Waals surface area (Å²) in [5.41, 5.74) is 6.67. The third kappa shape index (κ3) is 2.49. The Morgan fingerprint density at radius 2 is 2.22 bits per heavy atom. The van der Waals surface area contributed by atoms with Crippen LogP contribution in [0.15, 0.2) is 18.2 Å². The van der Waals surface area contributed by atoms with E-state index in [0.29, 0.717) is 23.6 Å². The number of hydrogen-bond acceptors (Lipinski definition) is 2. The molecule has 98 valence electrons. The van der Waals surface area contributed by atoms with E-state index in [1.807, 2.05) is 6.92 Å². The van der Waals surface area contributed by atoms with Crippen molar-refractivity contribution in [3.05, 3.63) is 34.6 Å². The van der Waals surface area contributed by atoms with Crippen LogP contribution in [0.5, 0.6) is 0 Å². The van der Waals surface area contributed by atoms with Crippen molar-refractivity contribution in [3.8, 4) is 0 Å². The van der Waals surface area contributed by atoms with Crippen LogP contribution in [0.1, 0.15) is 31.4 Å². The smallest absolute Gasteiger partial charge is 0.224 e. The Kier molecular flexibility index (Phi) is 3.88. The van der Waals surface area contributed by atoms with Gasteiger partial charge in [0.15, 0.2) is 0 Å². The molecule has 0 radical (unpaired) electrons. The molecule has 2 atom stereocenters. The number of carbonyl (C=O) groups excluding carboxylic acids is 1. The molecule has 2 rings (SSSR count). The minimum Gasteiger partial charge on any atom is -0.334 e. The minimum absolute atomic E-state index is 0.0229. The molecule has 0 spiro atoms. The fourth-order valence-corrected chi connectivity index (χ4v) is 2.72. The van der Waals surface area contributed by atoms with Gasteiger partial charge in [0.1, 0.15) is 5.82 Å². The van der Waals surface area contributed by atoms with Gasteiger partial charge in [-0.05, 0) is 30.2 Å². The topological polar surface area (TPSA) is 46.3 Å². The Bertz CT molecular complexity index is 446. The molecule has 3 nitrogen and oxygen atoms in total. The second-order valence-corrected chi connectivity index (χ2v) is 5.04. The molecule has 2 unspecified atom stereocenters. The molecule has 0 aliphatic carbocycles. The van der Waals surface area contributed by atoms with E-state index >= 15 is 0 Å². The van der Waals surface area contributed by atoms with Crippen LogP contribution >= 0.6 is 11.6 Å². The lowest BCUT2D eigenvalue weighted by Gasteiger charge is -2.27. The molecule has 1 aliphatic rings. The van der Waals surface area contributed by atoms with Crippen molar-refractivity contribution < 1.29 is 9.18 Å². The van der Waals surface area contributed by atoms with Crippen molar-refractivity contribution >= 4 is 17.5 Å². The van der Waals surface area contributed by atoms with E-state index in [1.165, 1.54) is 12.1 Å². The molecule has 1 amide bonds. The number of halogens is 2. The molecule has 5 heteroatoms. The molecule has 1 fully saturated rings. The van der Waals surface area contributed by atoms with Gasteiger partial charge in [0.2, 0.25) is 5.91 Å². The van der Waals surface area contributed by atoms with E-state index < -0.39 is 5.82 Å². The van der Waals surface area contributed by atoms with Crippen LogP contribution in [-0.4, -0.2) is 23.4 Å². The molecule has 1 saturated heterocycles. The van der Waals surface area contributed by atoms with E-state index in [2.05, 4.69) is 0 Å². The van der Waals surface area contributed by atoms with Gasteiger partial charge in [-0.3, -0.25) is 4.79 Å². The fraction of sp³-hybridized carbons (Fsp3) is 0.462. The molecule has 1 aromatic carbocycles. The lowest BCUT2D eigenvalue weighted by molar-refractivity contribution is -0.129. The van der Waals surface area contributed by atoms with E-state index in [0.717, 1.165) is 6.42 Å².